The maximum Gasteiger partial charge on any atom is 0.254 e. The van der Waals surface area contributed by atoms with Gasteiger partial charge < -0.3 is 19.4 Å². The topological polar surface area (TPSA) is 48.9 Å². The summed E-state index contributed by atoms with van der Waals surface area (Å²) in [5, 5.41) is 0. The Morgan fingerprint density at radius 1 is 1.36 bits per heavy atom. The van der Waals surface area contributed by atoms with Crippen molar-refractivity contribution >= 4 is 5.91 Å². The molecule has 0 aromatic carbocycles. The zero-order chi connectivity index (χ0) is 17.8. The van der Waals surface area contributed by atoms with Gasteiger partial charge in [-0.1, -0.05) is 0 Å². The van der Waals surface area contributed by atoms with Crippen molar-refractivity contribution in [3.8, 4) is 5.88 Å². The average molecular weight is 346 g/mol. The molecule has 0 spiro atoms. The van der Waals surface area contributed by atoms with Crippen LogP contribution in [0.3, 0.4) is 0 Å². The Morgan fingerprint density at radius 2 is 2.20 bits per heavy atom. The summed E-state index contributed by atoms with van der Waals surface area (Å²) in [7, 11) is 6.22. The highest BCUT2D eigenvalue weighted by atomic mass is 16.5. The number of piperidine rings is 2. The fourth-order valence-electron chi connectivity index (χ4n) is 3.97. The van der Waals surface area contributed by atoms with E-state index in [-0.39, 0.29) is 5.91 Å². The van der Waals surface area contributed by atoms with E-state index in [0.717, 1.165) is 26.1 Å². The van der Waals surface area contributed by atoms with E-state index in [1.165, 1.54) is 19.4 Å². The van der Waals surface area contributed by atoms with Crippen molar-refractivity contribution in [1.82, 2.24) is 19.7 Å². The third kappa shape index (κ3) is 4.50. The summed E-state index contributed by atoms with van der Waals surface area (Å²) in [5.41, 5.74) is 0.678. The van der Waals surface area contributed by atoms with Gasteiger partial charge in [0.1, 0.15) is 6.61 Å². The number of carbonyl (C=O) groups is 1. The zero-order valence-corrected chi connectivity index (χ0v) is 15.6. The third-order valence-electron chi connectivity index (χ3n) is 5.40. The SMILES string of the molecule is CN(C)CCOc1cc(C(=O)N2CCC3C(CCCN3C)C2)ccn1. The number of hydrogen-bond donors (Lipinski definition) is 0. The summed E-state index contributed by atoms with van der Waals surface area (Å²) in [6.45, 7) is 4.28. The lowest BCUT2D eigenvalue weighted by Crippen LogP contribution is -2.53. The molecule has 0 radical (unpaired) electrons. The number of likely N-dealkylation sites (tertiary alicyclic amines) is 2. The molecule has 6 heteroatoms. The van der Waals surface area contributed by atoms with E-state index in [1.54, 1.807) is 18.3 Å². The first-order valence-electron chi connectivity index (χ1n) is 9.27. The van der Waals surface area contributed by atoms with Gasteiger partial charge in [-0.05, 0) is 58.9 Å². The number of fused-ring (bicyclic) bond motifs is 1. The van der Waals surface area contributed by atoms with Gasteiger partial charge in [0.25, 0.3) is 5.91 Å². The van der Waals surface area contributed by atoms with Gasteiger partial charge in [0.2, 0.25) is 5.88 Å². The van der Waals surface area contributed by atoms with Crippen LogP contribution >= 0.6 is 0 Å². The van der Waals surface area contributed by atoms with Crippen LogP contribution in [0.1, 0.15) is 29.6 Å². The predicted octanol–water partition coefficient (Wildman–Crippen LogP) is 1.58. The number of nitrogens with zero attached hydrogens (tertiary/aromatic N) is 4. The summed E-state index contributed by atoms with van der Waals surface area (Å²) in [5.74, 6) is 1.24. The van der Waals surface area contributed by atoms with Crippen molar-refractivity contribution in [2.45, 2.75) is 25.3 Å². The number of rotatable bonds is 5. The lowest BCUT2D eigenvalue weighted by atomic mass is 9.84. The minimum absolute atomic E-state index is 0.103. The van der Waals surface area contributed by atoms with E-state index in [1.807, 2.05) is 19.0 Å². The van der Waals surface area contributed by atoms with Crippen LogP contribution in [0, 0.1) is 5.92 Å². The number of carbonyl (C=O) groups excluding carboxylic acids is 1. The second kappa shape index (κ2) is 8.15. The standard InChI is InChI=1S/C19H30N4O2/c1-21(2)11-12-25-18-13-15(6-8-20-18)19(24)23-10-7-17-16(14-23)5-4-9-22(17)3/h6,8,13,16-17H,4-5,7,9-12,14H2,1-3H3. The van der Waals surface area contributed by atoms with Crippen LogP contribution in [0.4, 0.5) is 0 Å². The highest BCUT2D eigenvalue weighted by molar-refractivity contribution is 5.94. The molecular weight excluding hydrogens is 316 g/mol. The average Bonchev–Trinajstić information content (AvgIpc) is 2.61. The second-order valence-electron chi connectivity index (χ2n) is 7.52. The maximum absolute atomic E-state index is 12.9. The van der Waals surface area contributed by atoms with Gasteiger partial charge in [-0.3, -0.25) is 4.79 Å². The molecule has 6 nitrogen and oxygen atoms in total. The minimum Gasteiger partial charge on any atom is -0.476 e. The Kier molecular flexibility index (Phi) is 5.91. The number of pyridine rings is 1. The van der Waals surface area contributed by atoms with Crippen LogP contribution in [-0.2, 0) is 0 Å². The van der Waals surface area contributed by atoms with Crippen LogP contribution < -0.4 is 4.74 Å². The zero-order valence-electron chi connectivity index (χ0n) is 15.6. The number of likely N-dealkylation sites (N-methyl/N-ethyl adjacent to an activating group) is 1. The molecule has 3 heterocycles. The Morgan fingerprint density at radius 3 is 3.00 bits per heavy atom. The molecule has 138 valence electrons. The second-order valence-corrected chi connectivity index (χ2v) is 7.52. The first-order chi connectivity index (χ1) is 12.0. The first kappa shape index (κ1) is 18.1. The molecule has 25 heavy (non-hydrogen) atoms. The summed E-state index contributed by atoms with van der Waals surface area (Å²) in [6, 6.07) is 4.21. The summed E-state index contributed by atoms with van der Waals surface area (Å²) in [4.78, 5) is 23.7. The molecule has 1 amide bonds. The van der Waals surface area contributed by atoms with E-state index < -0.39 is 0 Å². The summed E-state index contributed by atoms with van der Waals surface area (Å²) in [6.07, 6.45) is 5.20. The molecule has 0 N–H and O–H groups in total. The largest absolute Gasteiger partial charge is 0.476 e. The van der Waals surface area contributed by atoms with Crippen LogP contribution in [0.15, 0.2) is 18.3 Å². The van der Waals surface area contributed by atoms with E-state index in [4.69, 9.17) is 4.74 Å². The Bertz CT molecular complexity index is 593. The normalized spacial score (nSPS) is 24.2. The Hall–Kier alpha value is -1.66. The van der Waals surface area contributed by atoms with Gasteiger partial charge in [-0.25, -0.2) is 4.98 Å². The number of amides is 1. The quantitative estimate of drug-likeness (QED) is 0.810. The molecule has 2 unspecified atom stereocenters. The number of aromatic nitrogens is 1. The van der Waals surface area contributed by atoms with Gasteiger partial charge in [-0.15, -0.1) is 0 Å². The molecule has 0 saturated carbocycles. The molecule has 1 aromatic rings. The highest BCUT2D eigenvalue weighted by Gasteiger charge is 2.35. The van der Waals surface area contributed by atoms with Gasteiger partial charge in [0.05, 0.1) is 0 Å². The fourth-order valence-corrected chi connectivity index (χ4v) is 3.97. The summed E-state index contributed by atoms with van der Waals surface area (Å²) >= 11 is 0. The molecule has 2 fully saturated rings. The Balaban J connectivity index is 1.61. The Labute approximate surface area is 150 Å². The van der Waals surface area contributed by atoms with Crippen molar-refractivity contribution in [2.75, 3.05) is 53.9 Å². The van der Waals surface area contributed by atoms with E-state index in [2.05, 4.69) is 21.8 Å². The first-order valence-corrected chi connectivity index (χ1v) is 9.27. The van der Waals surface area contributed by atoms with Crippen LogP contribution in [-0.4, -0.2) is 85.6 Å². The lowest BCUT2D eigenvalue weighted by Gasteiger charge is -2.46. The lowest BCUT2D eigenvalue weighted by molar-refractivity contribution is 0.0316. The molecule has 2 aliphatic rings. The molecule has 2 aliphatic heterocycles. The summed E-state index contributed by atoms with van der Waals surface area (Å²) < 4.78 is 5.66. The fraction of sp³-hybridized carbons (Fsp3) is 0.684. The highest BCUT2D eigenvalue weighted by Crippen LogP contribution is 2.30. The molecule has 1 aromatic heterocycles. The van der Waals surface area contributed by atoms with E-state index in [0.29, 0.717) is 30.0 Å². The van der Waals surface area contributed by atoms with Gasteiger partial charge in [0, 0.05) is 43.5 Å². The monoisotopic (exact) mass is 346 g/mol. The van der Waals surface area contributed by atoms with Crippen molar-refractivity contribution < 1.29 is 9.53 Å². The van der Waals surface area contributed by atoms with Gasteiger partial charge in [-0.2, -0.15) is 0 Å². The van der Waals surface area contributed by atoms with Gasteiger partial charge >= 0.3 is 0 Å². The van der Waals surface area contributed by atoms with Crippen molar-refractivity contribution in [2.24, 2.45) is 5.92 Å². The van der Waals surface area contributed by atoms with Gasteiger partial charge in [0.15, 0.2) is 0 Å². The minimum atomic E-state index is 0.103. The molecule has 0 aliphatic carbocycles. The van der Waals surface area contributed by atoms with Crippen LogP contribution in [0.25, 0.3) is 0 Å². The van der Waals surface area contributed by atoms with Crippen molar-refractivity contribution in [1.29, 1.82) is 0 Å². The predicted molar refractivity (Wildman–Crippen MR) is 97.9 cm³/mol. The molecule has 2 atom stereocenters. The molecule has 2 saturated heterocycles. The maximum atomic E-state index is 12.9. The number of ether oxygens (including phenoxy) is 1. The third-order valence-corrected chi connectivity index (χ3v) is 5.40. The molecule has 3 rings (SSSR count). The van der Waals surface area contributed by atoms with Crippen LogP contribution in [0.5, 0.6) is 5.88 Å². The van der Waals surface area contributed by atoms with Crippen molar-refractivity contribution in [3.63, 3.8) is 0 Å². The molecule has 0 bridgehead atoms. The van der Waals surface area contributed by atoms with Crippen molar-refractivity contribution in [3.05, 3.63) is 23.9 Å². The smallest absolute Gasteiger partial charge is 0.254 e. The van der Waals surface area contributed by atoms with Crippen LogP contribution in [0.2, 0.25) is 0 Å². The molecular formula is C19H30N4O2. The van der Waals surface area contributed by atoms with E-state index in [9.17, 15) is 4.79 Å². The van der Waals surface area contributed by atoms with E-state index >= 15 is 0 Å². The number of hydrogen-bond acceptors (Lipinski definition) is 5.